The Bertz CT molecular complexity index is 741. The van der Waals surface area contributed by atoms with E-state index in [1.807, 2.05) is 24.3 Å². The molecule has 1 aliphatic rings. The highest BCUT2D eigenvalue weighted by Gasteiger charge is 2.40. The van der Waals surface area contributed by atoms with E-state index in [1.165, 1.54) is 14.2 Å². The average Bonchev–Trinajstić information content (AvgIpc) is 2.59. The fourth-order valence-corrected chi connectivity index (χ4v) is 3.18. The van der Waals surface area contributed by atoms with Crippen LogP contribution < -0.4 is 0 Å². The monoisotopic (exact) mass is 299 g/mol. The minimum atomic E-state index is -0.543. The summed E-state index contributed by atoms with van der Waals surface area (Å²) in [5.74, 6) is -1.85. The van der Waals surface area contributed by atoms with E-state index in [-0.39, 0.29) is 5.97 Å². The summed E-state index contributed by atoms with van der Waals surface area (Å²) in [5.41, 5.74) is 1.88. The van der Waals surface area contributed by atoms with Crippen molar-refractivity contribution in [2.24, 2.45) is 11.8 Å². The van der Waals surface area contributed by atoms with Crippen LogP contribution in [0.3, 0.4) is 0 Å². The molecule has 0 unspecified atom stereocenters. The maximum Gasteiger partial charge on any atom is 0.309 e. The number of hydrogen-bond donors (Lipinski definition) is 0. The molecule has 0 N–H and O–H groups in total. The summed E-state index contributed by atoms with van der Waals surface area (Å²) in [6.07, 6.45) is 2.64. The molecule has 3 rings (SSSR count). The average molecular weight is 299 g/mol. The Balaban J connectivity index is 2.10. The van der Waals surface area contributed by atoms with Crippen molar-refractivity contribution in [3.63, 3.8) is 0 Å². The Hall–Kier alpha value is -2.43. The maximum absolute atomic E-state index is 12.1. The molecule has 0 spiro atoms. The van der Waals surface area contributed by atoms with E-state index in [0.717, 1.165) is 22.0 Å². The smallest absolute Gasteiger partial charge is 0.309 e. The number of benzene rings is 1. The highest BCUT2D eigenvalue weighted by atomic mass is 16.5. The maximum atomic E-state index is 12.1. The second kappa shape index (κ2) is 5.75. The van der Waals surface area contributed by atoms with Gasteiger partial charge in [-0.25, -0.2) is 0 Å². The van der Waals surface area contributed by atoms with Gasteiger partial charge in [0.1, 0.15) is 0 Å². The van der Waals surface area contributed by atoms with Gasteiger partial charge in [-0.3, -0.25) is 14.6 Å². The molecule has 114 valence electrons. The second-order valence-corrected chi connectivity index (χ2v) is 5.44. The van der Waals surface area contributed by atoms with Crippen LogP contribution in [0.2, 0.25) is 0 Å². The van der Waals surface area contributed by atoms with E-state index >= 15 is 0 Å². The molecule has 0 amide bonds. The van der Waals surface area contributed by atoms with Gasteiger partial charge in [-0.15, -0.1) is 0 Å². The van der Waals surface area contributed by atoms with E-state index < -0.39 is 17.8 Å². The van der Waals surface area contributed by atoms with Crippen LogP contribution in [-0.4, -0.2) is 31.1 Å². The first kappa shape index (κ1) is 14.5. The molecule has 1 aliphatic carbocycles. The number of pyridine rings is 1. The minimum Gasteiger partial charge on any atom is -0.469 e. The van der Waals surface area contributed by atoms with Crippen molar-refractivity contribution in [2.75, 3.05) is 14.2 Å². The summed E-state index contributed by atoms with van der Waals surface area (Å²) < 4.78 is 9.72. The van der Waals surface area contributed by atoms with Crippen molar-refractivity contribution in [3.05, 3.63) is 41.7 Å². The molecular formula is C17H17NO4. The number of nitrogens with zero attached hydrogens (tertiary/aromatic N) is 1. The summed E-state index contributed by atoms with van der Waals surface area (Å²) in [4.78, 5) is 28.6. The lowest BCUT2D eigenvalue weighted by molar-refractivity contribution is -0.158. The highest BCUT2D eigenvalue weighted by Crippen LogP contribution is 2.34. The first-order chi connectivity index (χ1) is 10.7. The van der Waals surface area contributed by atoms with Crippen LogP contribution in [0.5, 0.6) is 0 Å². The van der Waals surface area contributed by atoms with E-state index in [1.54, 1.807) is 6.20 Å². The number of carbonyl (C=O) groups excluding carboxylic acids is 2. The number of fused-ring (bicyclic) bond motifs is 3. The molecule has 0 radical (unpaired) electrons. The minimum absolute atomic E-state index is 0.381. The Morgan fingerprint density at radius 1 is 1.05 bits per heavy atom. The molecule has 22 heavy (non-hydrogen) atoms. The van der Waals surface area contributed by atoms with Gasteiger partial charge in [0, 0.05) is 23.7 Å². The first-order valence-electron chi connectivity index (χ1n) is 7.17. The fourth-order valence-electron chi connectivity index (χ4n) is 3.18. The Kier molecular flexibility index (Phi) is 3.79. The third kappa shape index (κ3) is 2.32. The van der Waals surface area contributed by atoms with Gasteiger partial charge in [-0.2, -0.15) is 0 Å². The molecule has 0 aliphatic heterocycles. The standard InChI is InChI=1S/C17H17NO4/c1-21-16(19)13-7-12-11-6-4-3-5-10(11)9-18-15(12)8-14(13)17(20)22-2/h3-6,9,13-14H,7-8H2,1-2H3/t13-,14-/m0/s1. The number of ether oxygens (including phenoxy) is 2. The van der Waals surface area contributed by atoms with Crippen LogP contribution in [0.25, 0.3) is 10.8 Å². The summed E-state index contributed by atoms with van der Waals surface area (Å²) in [5, 5.41) is 2.10. The molecule has 1 heterocycles. The molecule has 0 bridgehead atoms. The summed E-state index contributed by atoms with van der Waals surface area (Å²) in [7, 11) is 2.67. The lowest BCUT2D eigenvalue weighted by Crippen LogP contribution is -2.38. The van der Waals surface area contributed by atoms with Crippen LogP contribution in [0.1, 0.15) is 11.3 Å². The molecule has 2 aromatic rings. The molecule has 5 heteroatoms. The van der Waals surface area contributed by atoms with Gasteiger partial charge in [-0.05, 0) is 17.4 Å². The van der Waals surface area contributed by atoms with Gasteiger partial charge in [-0.1, -0.05) is 24.3 Å². The predicted molar refractivity (Wildman–Crippen MR) is 80.2 cm³/mol. The molecule has 2 atom stereocenters. The third-order valence-electron chi connectivity index (χ3n) is 4.32. The van der Waals surface area contributed by atoms with Gasteiger partial charge in [0.05, 0.1) is 26.1 Å². The number of aromatic nitrogens is 1. The van der Waals surface area contributed by atoms with Crippen LogP contribution >= 0.6 is 0 Å². The lowest BCUT2D eigenvalue weighted by atomic mass is 9.76. The third-order valence-corrected chi connectivity index (χ3v) is 4.32. The normalized spacial score (nSPS) is 20.3. The molecule has 1 aromatic heterocycles. The molecule has 0 fully saturated rings. The molecule has 0 saturated carbocycles. The Morgan fingerprint density at radius 3 is 2.36 bits per heavy atom. The van der Waals surface area contributed by atoms with Crippen LogP contribution in [0.15, 0.2) is 30.5 Å². The van der Waals surface area contributed by atoms with Gasteiger partial charge >= 0.3 is 11.9 Å². The van der Waals surface area contributed by atoms with Crippen molar-refractivity contribution in [1.29, 1.82) is 0 Å². The van der Waals surface area contributed by atoms with Crippen LogP contribution in [0.4, 0.5) is 0 Å². The summed E-state index contributed by atoms with van der Waals surface area (Å²) >= 11 is 0. The van der Waals surface area contributed by atoms with Crippen molar-refractivity contribution < 1.29 is 19.1 Å². The number of rotatable bonds is 2. The van der Waals surface area contributed by atoms with E-state index in [0.29, 0.717) is 12.8 Å². The molecule has 1 aromatic carbocycles. The van der Waals surface area contributed by atoms with Gasteiger partial charge in [0.2, 0.25) is 0 Å². The van der Waals surface area contributed by atoms with Crippen molar-refractivity contribution in [1.82, 2.24) is 4.98 Å². The van der Waals surface area contributed by atoms with E-state index in [2.05, 4.69) is 4.98 Å². The van der Waals surface area contributed by atoms with Crippen molar-refractivity contribution >= 4 is 22.7 Å². The topological polar surface area (TPSA) is 65.5 Å². The fraction of sp³-hybridized carbons (Fsp3) is 0.353. The highest BCUT2D eigenvalue weighted by molar-refractivity contribution is 5.89. The van der Waals surface area contributed by atoms with E-state index in [4.69, 9.17) is 9.47 Å². The SMILES string of the molecule is COC(=O)[C@H]1Cc2ncc3ccccc3c2C[C@@H]1C(=O)OC. The second-order valence-electron chi connectivity index (χ2n) is 5.44. The zero-order chi connectivity index (χ0) is 15.7. The number of methoxy groups -OCH3 is 2. The number of esters is 2. The zero-order valence-electron chi connectivity index (χ0n) is 12.5. The molecular weight excluding hydrogens is 282 g/mol. The van der Waals surface area contributed by atoms with Gasteiger partial charge in [0.15, 0.2) is 0 Å². The summed E-state index contributed by atoms with van der Waals surface area (Å²) in [6.45, 7) is 0. The van der Waals surface area contributed by atoms with Crippen LogP contribution in [0, 0.1) is 11.8 Å². The van der Waals surface area contributed by atoms with Gasteiger partial charge in [0.25, 0.3) is 0 Å². The van der Waals surface area contributed by atoms with E-state index in [9.17, 15) is 9.59 Å². The Labute approximate surface area is 128 Å². The van der Waals surface area contributed by atoms with Crippen LogP contribution in [-0.2, 0) is 31.9 Å². The first-order valence-corrected chi connectivity index (χ1v) is 7.17. The predicted octanol–water partition coefficient (Wildman–Crippen LogP) is 1.91. The number of hydrogen-bond acceptors (Lipinski definition) is 5. The number of carbonyl (C=O) groups is 2. The lowest BCUT2D eigenvalue weighted by Gasteiger charge is -2.29. The quantitative estimate of drug-likeness (QED) is 0.793. The Morgan fingerprint density at radius 2 is 1.68 bits per heavy atom. The van der Waals surface area contributed by atoms with Gasteiger partial charge < -0.3 is 9.47 Å². The zero-order valence-corrected chi connectivity index (χ0v) is 12.5. The molecule has 5 nitrogen and oxygen atoms in total. The van der Waals surface area contributed by atoms with Crippen molar-refractivity contribution in [2.45, 2.75) is 12.8 Å². The van der Waals surface area contributed by atoms with Crippen molar-refractivity contribution in [3.8, 4) is 0 Å². The largest absolute Gasteiger partial charge is 0.469 e. The summed E-state index contributed by atoms with van der Waals surface area (Å²) in [6, 6.07) is 7.92. The molecule has 0 saturated heterocycles.